The predicted molar refractivity (Wildman–Crippen MR) is 113 cm³/mol. The summed E-state index contributed by atoms with van der Waals surface area (Å²) in [7, 11) is -5.08. The zero-order valence-corrected chi connectivity index (χ0v) is 18.7. The third-order valence-corrected chi connectivity index (χ3v) is 5.98. The lowest BCUT2D eigenvalue weighted by Gasteiger charge is -2.39. The molecule has 2 aromatic carbocycles. The molecule has 4 rings (SSSR count). The summed E-state index contributed by atoms with van der Waals surface area (Å²) in [4.78, 5) is 26.5. The molecule has 1 aliphatic carbocycles. The minimum atomic E-state index is -5.08. The summed E-state index contributed by atoms with van der Waals surface area (Å²) in [6, 6.07) is 4.26. The lowest BCUT2D eigenvalue weighted by atomic mass is 9.82. The van der Waals surface area contributed by atoms with Crippen LogP contribution in [0.25, 0.3) is 0 Å². The van der Waals surface area contributed by atoms with E-state index in [1.807, 2.05) is 0 Å². The number of ketones is 2. The van der Waals surface area contributed by atoms with Gasteiger partial charge in [-0.15, -0.1) is 0 Å². The Balaban J connectivity index is 1.87. The number of phenols is 1. The third kappa shape index (κ3) is 4.48. The topological polar surface area (TPSA) is 217 Å². The van der Waals surface area contributed by atoms with Gasteiger partial charge in [-0.05, 0) is 30.7 Å². The molecule has 35 heavy (non-hydrogen) atoms. The molecule has 5 unspecified atom stereocenters. The Bertz CT molecular complexity index is 1320. The van der Waals surface area contributed by atoms with Crippen molar-refractivity contribution in [2.45, 2.75) is 37.6 Å². The lowest BCUT2D eigenvalue weighted by Crippen LogP contribution is -2.60. The van der Waals surface area contributed by atoms with Crippen LogP contribution in [0.5, 0.6) is 17.2 Å². The van der Waals surface area contributed by atoms with Crippen LogP contribution in [0, 0.1) is 6.92 Å². The molecule has 1 saturated heterocycles. The summed E-state index contributed by atoms with van der Waals surface area (Å²) in [5.41, 5.74) is -0.943. The van der Waals surface area contributed by atoms with Gasteiger partial charge in [0.1, 0.15) is 41.7 Å². The van der Waals surface area contributed by atoms with Crippen LogP contribution in [0.4, 0.5) is 0 Å². The number of hydrogen-bond donors (Lipinski definition) is 6. The Morgan fingerprint density at radius 3 is 2.23 bits per heavy atom. The van der Waals surface area contributed by atoms with E-state index >= 15 is 0 Å². The molecular formula is C21H20O13S. The first-order valence-electron chi connectivity index (χ1n) is 10.1. The van der Waals surface area contributed by atoms with Crippen molar-refractivity contribution < 1.29 is 61.7 Å². The second-order valence-corrected chi connectivity index (χ2v) is 9.06. The Morgan fingerprint density at radius 1 is 0.943 bits per heavy atom. The molecule has 0 aromatic heterocycles. The van der Waals surface area contributed by atoms with Crippen molar-refractivity contribution in [1.82, 2.24) is 0 Å². The maximum Gasteiger partial charge on any atom is 0.446 e. The van der Waals surface area contributed by atoms with Gasteiger partial charge in [0.25, 0.3) is 0 Å². The number of ether oxygens (including phenoxy) is 2. The smallest absolute Gasteiger partial charge is 0.446 e. The quantitative estimate of drug-likeness (QED) is 0.223. The molecule has 188 valence electrons. The Hall–Kier alpha value is -3.11. The van der Waals surface area contributed by atoms with Crippen LogP contribution in [0.15, 0.2) is 24.3 Å². The number of carbonyl (C=O) groups excluding carboxylic acids is 2. The van der Waals surface area contributed by atoms with Crippen molar-refractivity contribution in [2.24, 2.45) is 0 Å². The van der Waals surface area contributed by atoms with Crippen molar-refractivity contribution >= 4 is 22.0 Å². The largest absolute Gasteiger partial charge is 0.507 e. The van der Waals surface area contributed by atoms with Crippen LogP contribution in [-0.2, 0) is 15.1 Å². The van der Waals surface area contributed by atoms with Crippen molar-refractivity contribution in [3.8, 4) is 17.2 Å². The number of hydrogen-bond acceptors (Lipinski definition) is 12. The molecule has 6 N–H and O–H groups in total. The highest BCUT2D eigenvalue weighted by molar-refractivity contribution is 7.81. The summed E-state index contributed by atoms with van der Waals surface area (Å²) >= 11 is 0. The summed E-state index contributed by atoms with van der Waals surface area (Å²) in [6.07, 6.45) is -8.66. The summed E-state index contributed by atoms with van der Waals surface area (Å²) in [5, 5.41) is 50.0. The monoisotopic (exact) mass is 512 g/mol. The van der Waals surface area contributed by atoms with Gasteiger partial charge in [0, 0.05) is 17.2 Å². The number of fused-ring (bicyclic) bond motifs is 2. The van der Waals surface area contributed by atoms with Gasteiger partial charge in [-0.3, -0.25) is 14.1 Å². The van der Waals surface area contributed by atoms with Gasteiger partial charge < -0.3 is 39.2 Å². The zero-order chi connectivity index (χ0) is 25.8. The summed E-state index contributed by atoms with van der Waals surface area (Å²) in [6.45, 7) is 0.783. The second kappa shape index (κ2) is 8.83. The van der Waals surface area contributed by atoms with E-state index in [1.54, 1.807) is 6.92 Å². The molecule has 0 amide bonds. The van der Waals surface area contributed by atoms with E-state index in [2.05, 4.69) is 4.18 Å². The van der Waals surface area contributed by atoms with Crippen molar-refractivity contribution in [2.75, 3.05) is 6.61 Å². The number of aliphatic hydroxyl groups excluding tert-OH is 4. The van der Waals surface area contributed by atoms with Crippen LogP contribution in [-0.4, -0.2) is 87.4 Å². The number of aryl methyl sites for hydroxylation is 1. The van der Waals surface area contributed by atoms with Gasteiger partial charge in [0.05, 0.1) is 17.7 Å². The van der Waals surface area contributed by atoms with Crippen LogP contribution in [0.1, 0.15) is 37.4 Å². The highest BCUT2D eigenvalue weighted by Crippen LogP contribution is 2.41. The number of aromatic hydroxyl groups is 1. The highest BCUT2D eigenvalue weighted by Gasteiger charge is 2.46. The first-order chi connectivity index (χ1) is 16.3. The van der Waals surface area contributed by atoms with Crippen molar-refractivity contribution in [3.63, 3.8) is 0 Å². The molecule has 1 aliphatic heterocycles. The minimum absolute atomic E-state index is 0.178. The van der Waals surface area contributed by atoms with Crippen LogP contribution in [0.3, 0.4) is 0 Å². The molecule has 13 nitrogen and oxygen atoms in total. The highest BCUT2D eigenvalue weighted by atomic mass is 32.3. The van der Waals surface area contributed by atoms with Crippen LogP contribution in [0.2, 0.25) is 0 Å². The van der Waals surface area contributed by atoms with Crippen molar-refractivity contribution in [3.05, 3.63) is 52.1 Å². The number of benzene rings is 2. The normalized spacial score (nSPS) is 26.2. The van der Waals surface area contributed by atoms with Gasteiger partial charge in [-0.2, -0.15) is 8.42 Å². The number of phenolic OH excluding ortho intramolecular Hbond substituents is 1. The molecule has 0 bridgehead atoms. The Morgan fingerprint density at radius 2 is 1.60 bits per heavy atom. The van der Waals surface area contributed by atoms with Crippen LogP contribution < -0.4 is 8.92 Å². The standard InChI is InChI=1S/C21H20O13S/c1-7-2-9-14(11(23)3-7)18(26)15-10(16(9)24)4-8(34-35(29,30)31)5-12(15)32-21-20(28)19(27)17(25)13(6-22)33-21/h2-5,13,17,19-23,25,27-28H,6H2,1H3,(H,29,30,31). The predicted octanol–water partition coefficient (Wildman–Crippen LogP) is -1.16. The molecule has 5 atom stereocenters. The molecular weight excluding hydrogens is 492 g/mol. The summed E-state index contributed by atoms with van der Waals surface area (Å²) in [5.74, 6) is -3.43. The zero-order valence-electron chi connectivity index (χ0n) is 17.9. The third-order valence-electron chi connectivity index (χ3n) is 5.57. The van der Waals surface area contributed by atoms with E-state index < -0.39 is 87.7 Å². The average Bonchev–Trinajstić information content (AvgIpc) is 2.75. The Labute approximate surface area is 197 Å². The first kappa shape index (κ1) is 25.0. The Kier molecular flexibility index (Phi) is 6.31. The van der Waals surface area contributed by atoms with E-state index in [0.717, 1.165) is 12.1 Å². The van der Waals surface area contributed by atoms with Gasteiger partial charge in [-0.1, -0.05) is 0 Å². The average molecular weight is 512 g/mol. The molecule has 2 aliphatic rings. The molecule has 0 spiro atoms. The maximum absolute atomic E-state index is 13.3. The number of rotatable bonds is 5. The SMILES string of the molecule is Cc1cc(O)c2c(c1)C(=O)c1cc(OS(=O)(=O)O)cc(OC3OC(CO)C(O)C(O)C3O)c1C2=O. The summed E-state index contributed by atoms with van der Waals surface area (Å²) < 4.78 is 46.8. The fourth-order valence-corrected chi connectivity index (χ4v) is 4.35. The fourth-order valence-electron chi connectivity index (χ4n) is 4.01. The van der Waals surface area contributed by atoms with E-state index in [1.165, 1.54) is 12.1 Å². The first-order valence-corrected chi connectivity index (χ1v) is 11.4. The van der Waals surface area contributed by atoms with Crippen LogP contribution >= 0.6 is 0 Å². The molecule has 1 heterocycles. The molecule has 2 aromatic rings. The second-order valence-electron chi connectivity index (χ2n) is 8.04. The van der Waals surface area contributed by atoms with Gasteiger partial charge in [-0.25, -0.2) is 0 Å². The maximum atomic E-state index is 13.3. The van der Waals surface area contributed by atoms with E-state index in [4.69, 9.17) is 14.0 Å². The number of aliphatic hydroxyl groups is 4. The van der Waals surface area contributed by atoms with E-state index in [0.29, 0.717) is 5.56 Å². The van der Waals surface area contributed by atoms with Gasteiger partial charge in [0.2, 0.25) is 12.1 Å². The van der Waals surface area contributed by atoms with Crippen molar-refractivity contribution in [1.29, 1.82) is 0 Å². The lowest BCUT2D eigenvalue weighted by molar-refractivity contribution is -0.277. The van der Waals surface area contributed by atoms with Gasteiger partial charge >= 0.3 is 10.4 Å². The molecule has 1 fully saturated rings. The molecule has 0 radical (unpaired) electrons. The fraction of sp³-hybridized carbons (Fsp3) is 0.333. The minimum Gasteiger partial charge on any atom is -0.507 e. The van der Waals surface area contributed by atoms with Gasteiger partial charge in [0.15, 0.2) is 5.78 Å². The van der Waals surface area contributed by atoms with E-state index in [-0.39, 0.29) is 11.1 Å². The molecule has 0 saturated carbocycles. The number of carbonyl (C=O) groups is 2. The van der Waals surface area contributed by atoms with E-state index in [9.17, 15) is 43.5 Å². The molecule has 14 heteroatoms.